The minimum atomic E-state index is -0.354. The van der Waals surface area contributed by atoms with Crippen LogP contribution < -0.4 is 10.6 Å². The minimum Gasteiger partial charge on any atom is -0.465 e. The van der Waals surface area contributed by atoms with Gasteiger partial charge in [-0.05, 0) is 55.6 Å². The van der Waals surface area contributed by atoms with Crippen LogP contribution >= 0.6 is 23.6 Å². The van der Waals surface area contributed by atoms with Gasteiger partial charge in [0.15, 0.2) is 5.11 Å². The third kappa shape index (κ3) is 3.60. The number of carbonyl (C=O) groups is 1. The predicted molar refractivity (Wildman–Crippen MR) is 102 cm³/mol. The Morgan fingerprint density at radius 2 is 2.17 bits per heavy atom. The van der Waals surface area contributed by atoms with Crippen molar-refractivity contribution in [2.45, 2.75) is 32.2 Å². The number of nitrogens with one attached hydrogen (secondary N) is 2. The minimum absolute atomic E-state index is 0.206. The van der Waals surface area contributed by atoms with Crippen LogP contribution in [0, 0.1) is 6.92 Å². The summed E-state index contributed by atoms with van der Waals surface area (Å²) in [5.74, 6) is -0.354. The Morgan fingerprint density at radius 1 is 1.38 bits per heavy atom. The van der Waals surface area contributed by atoms with Crippen LogP contribution in [0.2, 0.25) is 0 Å². The average Bonchev–Trinajstić information content (AvgIpc) is 2.94. The highest BCUT2D eigenvalue weighted by molar-refractivity contribution is 7.80. The van der Waals surface area contributed by atoms with E-state index in [1.807, 2.05) is 13.0 Å². The highest BCUT2D eigenvalue weighted by Gasteiger charge is 2.21. The Balaban J connectivity index is 1.72. The van der Waals surface area contributed by atoms with Gasteiger partial charge >= 0.3 is 5.97 Å². The fourth-order valence-corrected chi connectivity index (χ4v) is 4.28. The third-order valence-corrected chi connectivity index (χ3v) is 5.35. The van der Waals surface area contributed by atoms with E-state index in [4.69, 9.17) is 17.0 Å². The molecule has 1 aromatic carbocycles. The number of thiocarbonyl (C=S) groups is 1. The van der Waals surface area contributed by atoms with Crippen molar-refractivity contribution >= 4 is 39.6 Å². The normalized spacial score (nSPS) is 16.2. The number of thiophene rings is 1. The summed E-state index contributed by atoms with van der Waals surface area (Å²) >= 11 is 6.96. The molecule has 0 saturated carbocycles. The van der Waals surface area contributed by atoms with Gasteiger partial charge in [-0.25, -0.2) is 4.79 Å². The molecule has 1 aliphatic rings. The summed E-state index contributed by atoms with van der Waals surface area (Å²) in [7, 11) is 1.38. The molecule has 1 heterocycles. The summed E-state index contributed by atoms with van der Waals surface area (Å²) < 4.78 is 4.83. The first-order chi connectivity index (χ1) is 11.6. The largest absolute Gasteiger partial charge is 0.465 e. The lowest BCUT2D eigenvalue weighted by Gasteiger charge is -2.27. The van der Waals surface area contributed by atoms with E-state index in [0.717, 1.165) is 29.1 Å². The molecule has 0 saturated heterocycles. The van der Waals surface area contributed by atoms with E-state index < -0.39 is 0 Å². The lowest BCUT2D eigenvalue weighted by atomic mass is 9.88. The van der Waals surface area contributed by atoms with Crippen molar-refractivity contribution in [2.75, 3.05) is 12.4 Å². The molecular weight excluding hydrogens is 340 g/mol. The second kappa shape index (κ2) is 7.32. The van der Waals surface area contributed by atoms with Gasteiger partial charge < -0.3 is 15.4 Å². The van der Waals surface area contributed by atoms with Crippen molar-refractivity contribution in [3.8, 4) is 0 Å². The zero-order valence-corrected chi connectivity index (χ0v) is 15.4. The van der Waals surface area contributed by atoms with Crippen LogP contribution in [0.5, 0.6) is 0 Å². The first-order valence-corrected chi connectivity index (χ1v) is 9.15. The maximum atomic E-state index is 11.9. The van der Waals surface area contributed by atoms with Gasteiger partial charge in [0.25, 0.3) is 0 Å². The summed E-state index contributed by atoms with van der Waals surface area (Å²) in [6.45, 7) is 1.95. The highest BCUT2D eigenvalue weighted by atomic mass is 32.1. The molecule has 24 heavy (non-hydrogen) atoms. The summed E-state index contributed by atoms with van der Waals surface area (Å²) in [5, 5.41) is 7.81. The van der Waals surface area contributed by atoms with Gasteiger partial charge in [-0.1, -0.05) is 24.3 Å². The molecule has 0 spiro atoms. The molecule has 2 N–H and O–H groups in total. The van der Waals surface area contributed by atoms with Gasteiger partial charge in [-0.2, -0.15) is 0 Å². The maximum absolute atomic E-state index is 11.9. The van der Waals surface area contributed by atoms with Crippen molar-refractivity contribution in [3.05, 3.63) is 51.9 Å². The molecule has 3 rings (SSSR count). The molecule has 2 aromatic rings. The van der Waals surface area contributed by atoms with E-state index in [9.17, 15) is 4.79 Å². The van der Waals surface area contributed by atoms with Crippen molar-refractivity contribution in [1.29, 1.82) is 0 Å². The summed E-state index contributed by atoms with van der Waals surface area (Å²) in [6.07, 6.45) is 3.31. The van der Waals surface area contributed by atoms with Gasteiger partial charge in [-0.3, -0.25) is 0 Å². The number of fused-ring (bicyclic) bond motifs is 1. The number of methoxy groups -OCH3 is 1. The topological polar surface area (TPSA) is 50.4 Å². The first kappa shape index (κ1) is 16.9. The van der Waals surface area contributed by atoms with Crippen LogP contribution in [0.4, 0.5) is 5.00 Å². The lowest BCUT2D eigenvalue weighted by molar-refractivity contribution is 0.0602. The van der Waals surface area contributed by atoms with E-state index in [1.165, 1.54) is 29.6 Å². The van der Waals surface area contributed by atoms with Crippen LogP contribution in [0.3, 0.4) is 0 Å². The number of aryl methyl sites for hydroxylation is 2. The Bertz CT molecular complexity index is 770. The number of ether oxygens (including phenoxy) is 1. The first-order valence-electron chi connectivity index (χ1n) is 7.92. The zero-order chi connectivity index (χ0) is 17.1. The number of esters is 1. The predicted octanol–water partition coefficient (Wildman–Crippen LogP) is 4.21. The second-order valence-corrected chi connectivity index (χ2v) is 7.50. The molecule has 4 nitrogen and oxygen atoms in total. The summed E-state index contributed by atoms with van der Waals surface area (Å²) in [5.41, 5.74) is 3.21. The van der Waals surface area contributed by atoms with Gasteiger partial charge in [0.05, 0.1) is 18.7 Å². The Hall–Kier alpha value is -1.92. The molecule has 1 atom stereocenters. The Kier molecular flexibility index (Phi) is 5.16. The lowest BCUT2D eigenvalue weighted by Crippen LogP contribution is -2.34. The van der Waals surface area contributed by atoms with E-state index in [0.29, 0.717) is 10.7 Å². The molecule has 1 aromatic heterocycles. The van der Waals surface area contributed by atoms with Crippen LogP contribution in [0.1, 0.15) is 45.2 Å². The molecule has 0 radical (unpaired) electrons. The number of carbonyl (C=O) groups excluding carboxylic acids is 1. The number of benzene rings is 1. The van der Waals surface area contributed by atoms with E-state index in [1.54, 1.807) is 0 Å². The van der Waals surface area contributed by atoms with Crippen LogP contribution in [0.25, 0.3) is 0 Å². The molecule has 0 fully saturated rings. The number of hydrogen-bond acceptors (Lipinski definition) is 4. The summed E-state index contributed by atoms with van der Waals surface area (Å²) in [4.78, 5) is 12.9. The quantitative estimate of drug-likeness (QED) is 0.634. The monoisotopic (exact) mass is 360 g/mol. The van der Waals surface area contributed by atoms with Crippen LogP contribution in [-0.4, -0.2) is 18.2 Å². The molecule has 126 valence electrons. The molecule has 6 heteroatoms. The highest BCUT2D eigenvalue weighted by Crippen LogP contribution is 2.31. The van der Waals surface area contributed by atoms with Gasteiger partial charge in [-0.15, -0.1) is 11.3 Å². The van der Waals surface area contributed by atoms with Crippen molar-refractivity contribution in [2.24, 2.45) is 0 Å². The van der Waals surface area contributed by atoms with Crippen molar-refractivity contribution < 1.29 is 9.53 Å². The van der Waals surface area contributed by atoms with Gasteiger partial charge in [0, 0.05) is 4.88 Å². The number of hydrogen-bond donors (Lipinski definition) is 2. The zero-order valence-electron chi connectivity index (χ0n) is 13.7. The smallest absolute Gasteiger partial charge is 0.340 e. The SMILES string of the molecule is COC(=O)c1cc(C)sc1NC(=S)NC1CCCc2ccccc21. The molecule has 0 amide bonds. The van der Waals surface area contributed by atoms with Gasteiger partial charge in [0.2, 0.25) is 0 Å². The fraction of sp³-hybridized carbons (Fsp3) is 0.333. The fourth-order valence-electron chi connectivity index (χ4n) is 3.07. The Morgan fingerprint density at radius 3 is 2.96 bits per heavy atom. The van der Waals surface area contributed by atoms with Gasteiger partial charge in [0.1, 0.15) is 5.00 Å². The molecule has 0 bridgehead atoms. The van der Waals surface area contributed by atoms with Crippen molar-refractivity contribution in [1.82, 2.24) is 5.32 Å². The number of rotatable bonds is 3. The molecule has 1 aliphatic carbocycles. The molecule has 1 unspecified atom stereocenters. The third-order valence-electron chi connectivity index (χ3n) is 4.16. The van der Waals surface area contributed by atoms with Crippen LogP contribution in [0.15, 0.2) is 30.3 Å². The van der Waals surface area contributed by atoms with Crippen LogP contribution in [-0.2, 0) is 11.2 Å². The van der Waals surface area contributed by atoms with E-state index >= 15 is 0 Å². The molecular formula is C18H20N2O2S2. The average molecular weight is 361 g/mol. The summed E-state index contributed by atoms with van der Waals surface area (Å²) in [6, 6.07) is 10.5. The second-order valence-electron chi connectivity index (χ2n) is 5.83. The maximum Gasteiger partial charge on any atom is 0.340 e. The van der Waals surface area contributed by atoms with Crippen molar-refractivity contribution in [3.63, 3.8) is 0 Å². The molecule has 0 aliphatic heterocycles. The van der Waals surface area contributed by atoms with E-state index in [2.05, 4.69) is 34.9 Å². The number of anilines is 1. The van der Waals surface area contributed by atoms with E-state index in [-0.39, 0.29) is 12.0 Å². The Labute approximate surface area is 151 Å². The standard InChI is InChI=1S/C18H20N2O2S2/c1-11-10-14(17(21)22-2)16(24-11)20-18(23)19-15-9-5-7-12-6-3-4-8-13(12)15/h3-4,6,8,10,15H,5,7,9H2,1-2H3,(H2,19,20,23).